The number of rotatable bonds is 5. The molecule has 1 fully saturated rings. The minimum Gasteiger partial charge on any atom is -0.490 e. The van der Waals surface area contributed by atoms with E-state index in [1.165, 1.54) is 42.6 Å². The minimum atomic E-state index is -4.46. The number of pyridine rings is 2. The van der Waals surface area contributed by atoms with Gasteiger partial charge in [-0.1, -0.05) is 23.7 Å². The Bertz CT molecular complexity index is 1190. The first-order valence-corrected chi connectivity index (χ1v) is 10.9. The lowest BCUT2D eigenvalue weighted by atomic mass is 10.1. The van der Waals surface area contributed by atoms with Crippen LogP contribution in [0.1, 0.15) is 18.4 Å². The normalized spacial score (nSPS) is 13.9. The Morgan fingerprint density at radius 2 is 1.50 bits per heavy atom. The Morgan fingerprint density at radius 1 is 0.917 bits per heavy atom. The van der Waals surface area contributed by atoms with Crippen LogP contribution in [0, 0.1) is 20.2 Å². The zero-order valence-corrected chi connectivity index (χ0v) is 19.2. The van der Waals surface area contributed by atoms with Gasteiger partial charge in [0.25, 0.3) is 11.4 Å². The first-order valence-electron chi connectivity index (χ1n) is 10.5. The first kappa shape index (κ1) is 26.6. The van der Waals surface area contributed by atoms with Crippen molar-refractivity contribution < 1.29 is 27.8 Å². The number of piperidine rings is 1. The van der Waals surface area contributed by atoms with E-state index in [0.717, 1.165) is 12.3 Å². The van der Waals surface area contributed by atoms with Crippen molar-refractivity contribution >= 4 is 28.8 Å². The van der Waals surface area contributed by atoms with Gasteiger partial charge in [-0.15, -0.1) is 0 Å². The van der Waals surface area contributed by atoms with E-state index in [1.807, 2.05) is 4.90 Å². The van der Waals surface area contributed by atoms with Gasteiger partial charge in [0.2, 0.25) is 0 Å². The minimum absolute atomic E-state index is 0.0515. The number of nitro groups is 2. The van der Waals surface area contributed by atoms with E-state index in [1.54, 1.807) is 6.07 Å². The third-order valence-corrected chi connectivity index (χ3v) is 5.34. The van der Waals surface area contributed by atoms with Gasteiger partial charge in [-0.2, -0.15) is 13.2 Å². The van der Waals surface area contributed by atoms with Gasteiger partial charge < -0.3 is 9.64 Å². The van der Waals surface area contributed by atoms with Crippen molar-refractivity contribution in [1.29, 1.82) is 0 Å². The molecule has 190 valence electrons. The number of nitrogens with zero attached hydrogens (tertiary/aromatic N) is 5. The summed E-state index contributed by atoms with van der Waals surface area (Å²) >= 11 is 5.38. The van der Waals surface area contributed by atoms with Gasteiger partial charge in [0.05, 0.1) is 15.4 Å². The molecule has 0 radical (unpaired) electrons. The summed E-state index contributed by atoms with van der Waals surface area (Å²) in [6, 6.07) is 10.8. The van der Waals surface area contributed by atoms with E-state index >= 15 is 0 Å². The molecule has 0 atom stereocenters. The fourth-order valence-corrected chi connectivity index (χ4v) is 3.45. The van der Waals surface area contributed by atoms with Crippen molar-refractivity contribution in [3.8, 4) is 5.75 Å². The fraction of sp³-hybridized carbons (Fsp3) is 0.273. The van der Waals surface area contributed by atoms with Gasteiger partial charge in [-0.05, 0) is 24.3 Å². The van der Waals surface area contributed by atoms with Crippen LogP contribution in [0.3, 0.4) is 0 Å². The average Bonchev–Trinajstić information content (AvgIpc) is 2.85. The molecule has 0 amide bonds. The molecule has 0 N–H and O–H groups in total. The van der Waals surface area contributed by atoms with Gasteiger partial charge in [0, 0.05) is 38.1 Å². The fourth-order valence-electron chi connectivity index (χ4n) is 3.34. The van der Waals surface area contributed by atoms with Gasteiger partial charge in [-0.3, -0.25) is 20.2 Å². The molecule has 0 spiro atoms. The number of ether oxygens (including phenoxy) is 1. The number of hydrogen-bond donors (Lipinski definition) is 0. The van der Waals surface area contributed by atoms with Crippen LogP contribution in [0.4, 0.5) is 30.4 Å². The third-order valence-electron chi connectivity index (χ3n) is 5.12. The van der Waals surface area contributed by atoms with E-state index in [-0.39, 0.29) is 28.4 Å². The van der Waals surface area contributed by atoms with Crippen LogP contribution >= 0.6 is 11.6 Å². The number of hydrogen-bond acceptors (Lipinski definition) is 8. The molecule has 2 aromatic heterocycles. The van der Waals surface area contributed by atoms with Crippen LogP contribution in [0.25, 0.3) is 0 Å². The maximum atomic E-state index is 13.0. The van der Waals surface area contributed by atoms with Gasteiger partial charge in [-0.25, -0.2) is 9.97 Å². The van der Waals surface area contributed by atoms with Crippen molar-refractivity contribution in [2.45, 2.75) is 25.1 Å². The largest absolute Gasteiger partial charge is 0.490 e. The quantitative estimate of drug-likeness (QED) is 0.236. The van der Waals surface area contributed by atoms with Crippen molar-refractivity contribution in [3.05, 3.63) is 91.9 Å². The number of para-hydroxylation sites is 1. The Hall–Kier alpha value is -4.00. The molecular weight excluding hydrogens is 507 g/mol. The van der Waals surface area contributed by atoms with Crippen LogP contribution in [-0.4, -0.2) is 39.0 Å². The SMILES string of the molecule is O=[N+]([O-])c1ccc(Cl)nc1.O=[N+]([O-])c1ccc(N2CCC(Oc3ccccc3C(F)(F)F)CC2)nc1. The number of benzene rings is 1. The lowest BCUT2D eigenvalue weighted by molar-refractivity contribution is -0.385. The summed E-state index contributed by atoms with van der Waals surface area (Å²) < 4.78 is 44.7. The second-order valence-electron chi connectivity index (χ2n) is 7.53. The molecule has 0 bridgehead atoms. The maximum absolute atomic E-state index is 13.0. The van der Waals surface area contributed by atoms with E-state index < -0.39 is 21.6 Å². The predicted molar refractivity (Wildman–Crippen MR) is 124 cm³/mol. The molecule has 3 aromatic rings. The molecule has 0 unspecified atom stereocenters. The molecule has 1 aliphatic heterocycles. The number of alkyl halides is 3. The van der Waals surface area contributed by atoms with Crippen LogP contribution in [0.15, 0.2) is 60.9 Å². The summed E-state index contributed by atoms with van der Waals surface area (Å²) in [7, 11) is 0. The summed E-state index contributed by atoms with van der Waals surface area (Å²) in [4.78, 5) is 29.2. The molecule has 0 saturated carbocycles. The van der Waals surface area contributed by atoms with Crippen LogP contribution in [0.2, 0.25) is 5.15 Å². The topological polar surface area (TPSA) is 125 Å². The lowest BCUT2D eigenvalue weighted by Crippen LogP contribution is -2.38. The molecule has 14 heteroatoms. The molecule has 1 saturated heterocycles. The first-order chi connectivity index (χ1) is 17.0. The molecule has 3 heterocycles. The number of halogens is 4. The van der Waals surface area contributed by atoms with E-state index in [4.69, 9.17) is 16.3 Å². The van der Waals surface area contributed by atoms with Gasteiger partial charge >= 0.3 is 6.18 Å². The smallest absolute Gasteiger partial charge is 0.419 e. The zero-order valence-electron chi connectivity index (χ0n) is 18.5. The maximum Gasteiger partial charge on any atom is 0.419 e. The Kier molecular flexibility index (Phi) is 8.59. The van der Waals surface area contributed by atoms with Gasteiger partial charge in [0.1, 0.15) is 35.2 Å². The summed E-state index contributed by atoms with van der Waals surface area (Å²) in [5, 5.41) is 20.9. The Balaban J connectivity index is 0.000000303. The summed E-state index contributed by atoms with van der Waals surface area (Å²) in [6.45, 7) is 1.09. The molecule has 1 aliphatic rings. The third kappa shape index (κ3) is 7.25. The van der Waals surface area contributed by atoms with Crippen LogP contribution in [-0.2, 0) is 6.18 Å². The predicted octanol–water partition coefficient (Wildman–Crippen LogP) is 5.70. The average molecular weight is 526 g/mol. The molecule has 4 rings (SSSR count). The highest BCUT2D eigenvalue weighted by molar-refractivity contribution is 6.29. The Labute approximate surface area is 207 Å². The molecule has 10 nitrogen and oxygen atoms in total. The highest BCUT2D eigenvalue weighted by Gasteiger charge is 2.35. The standard InChI is InChI=1S/C17H16F3N3O3.C5H3ClN2O2/c18-17(19,20)14-3-1-2-4-15(14)26-13-7-9-22(10-8-13)16-6-5-12(11-21-16)23(24)25;6-5-2-1-4(3-7-5)8(9)10/h1-6,11,13H,7-10H2;1-3H. The van der Waals surface area contributed by atoms with E-state index in [9.17, 15) is 33.4 Å². The number of anilines is 1. The zero-order chi connectivity index (χ0) is 26.3. The van der Waals surface area contributed by atoms with Crippen molar-refractivity contribution in [1.82, 2.24) is 9.97 Å². The molecule has 0 aliphatic carbocycles. The highest BCUT2D eigenvalue weighted by Crippen LogP contribution is 2.37. The van der Waals surface area contributed by atoms with Gasteiger partial charge in [0.15, 0.2) is 0 Å². The second kappa shape index (κ2) is 11.6. The van der Waals surface area contributed by atoms with Crippen LogP contribution < -0.4 is 9.64 Å². The summed E-state index contributed by atoms with van der Waals surface area (Å²) in [5.41, 5.74) is -0.917. The second-order valence-corrected chi connectivity index (χ2v) is 7.91. The highest BCUT2D eigenvalue weighted by atomic mass is 35.5. The molecule has 1 aromatic carbocycles. The summed E-state index contributed by atoms with van der Waals surface area (Å²) in [6.07, 6.45) is -1.41. The van der Waals surface area contributed by atoms with Crippen LogP contribution in [0.5, 0.6) is 5.75 Å². The van der Waals surface area contributed by atoms with Crippen molar-refractivity contribution in [2.75, 3.05) is 18.0 Å². The van der Waals surface area contributed by atoms with Crippen molar-refractivity contribution in [2.24, 2.45) is 0 Å². The van der Waals surface area contributed by atoms with E-state index in [0.29, 0.717) is 31.7 Å². The Morgan fingerprint density at radius 3 is 2.00 bits per heavy atom. The lowest BCUT2D eigenvalue weighted by Gasteiger charge is -2.33. The van der Waals surface area contributed by atoms with Crippen molar-refractivity contribution in [3.63, 3.8) is 0 Å². The van der Waals surface area contributed by atoms with E-state index in [2.05, 4.69) is 9.97 Å². The molecule has 36 heavy (non-hydrogen) atoms. The number of aromatic nitrogens is 2. The monoisotopic (exact) mass is 525 g/mol. The molecular formula is C22H19ClF3N5O5. The summed E-state index contributed by atoms with van der Waals surface area (Å²) in [5.74, 6) is 0.441.